The monoisotopic (exact) mass is 398 g/mol. The van der Waals surface area contributed by atoms with Crippen LogP contribution in [0.3, 0.4) is 0 Å². The summed E-state index contributed by atoms with van der Waals surface area (Å²) in [6, 6.07) is 13.7. The number of anilines is 1. The fraction of sp³-hybridized carbons (Fsp3) is 0.318. The molecule has 1 atom stereocenters. The zero-order chi connectivity index (χ0) is 20.8. The van der Waals surface area contributed by atoms with E-state index in [9.17, 15) is 18.8 Å². The second-order valence-electron chi connectivity index (χ2n) is 6.86. The molecule has 0 aromatic heterocycles. The summed E-state index contributed by atoms with van der Waals surface area (Å²) >= 11 is 0. The molecule has 29 heavy (non-hydrogen) atoms. The number of rotatable bonds is 7. The molecule has 152 valence electrons. The highest BCUT2D eigenvalue weighted by atomic mass is 19.1. The Morgan fingerprint density at radius 2 is 1.83 bits per heavy atom. The molecular formula is C22H23FN2O4. The van der Waals surface area contributed by atoms with Crippen molar-refractivity contribution >= 4 is 23.5 Å². The highest BCUT2D eigenvalue weighted by Gasteiger charge is 2.36. The maximum absolute atomic E-state index is 13.6. The van der Waals surface area contributed by atoms with Crippen LogP contribution in [-0.2, 0) is 32.1 Å². The van der Waals surface area contributed by atoms with Crippen molar-refractivity contribution in [1.29, 1.82) is 0 Å². The standard InChI is InChI=1S/C22H23FN2O4/c1-2-15-7-4-6-10-19(15)25-13-17(11-21(25)27)22(28)29-14-20(26)24-12-16-8-3-5-9-18(16)23/h3-10,17H,2,11-14H2,1H3,(H,24,26)/t17-/m1/s1. The van der Waals surface area contributed by atoms with Crippen LogP contribution in [0.25, 0.3) is 0 Å². The number of carbonyl (C=O) groups excluding carboxylic acids is 3. The van der Waals surface area contributed by atoms with Crippen LogP contribution in [0.4, 0.5) is 10.1 Å². The average molecular weight is 398 g/mol. The number of hydrogen-bond acceptors (Lipinski definition) is 4. The zero-order valence-corrected chi connectivity index (χ0v) is 16.2. The summed E-state index contributed by atoms with van der Waals surface area (Å²) in [6.07, 6.45) is 0.824. The third-order valence-electron chi connectivity index (χ3n) is 4.90. The number of aryl methyl sites for hydroxylation is 1. The molecule has 0 radical (unpaired) electrons. The molecule has 1 N–H and O–H groups in total. The van der Waals surface area contributed by atoms with Crippen molar-refractivity contribution in [2.45, 2.75) is 26.3 Å². The van der Waals surface area contributed by atoms with E-state index in [4.69, 9.17) is 4.74 Å². The Morgan fingerprint density at radius 3 is 2.55 bits per heavy atom. The van der Waals surface area contributed by atoms with Gasteiger partial charge in [0.15, 0.2) is 6.61 Å². The second kappa shape index (κ2) is 9.32. The lowest BCUT2D eigenvalue weighted by Crippen LogP contribution is -2.31. The van der Waals surface area contributed by atoms with Crippen LogP contribution in [0.15, 0.2) is 48.5 Å². The van der Waals surface area contributed by atoms with E-state index in [1.165, 1.54) is 6.07 Å². The number of esters is 1. The van der Waals surface area contributed by atoms with E-state index in [2.05, 4.69) is 5.32 Å². The van der Waals surface area contributed by atoms with E-state index in [1.807, 2.05) is 31.2 Å². The highest BCUT2D eigenvalue weighted by Crippen LogP contribution is 2.29. The lowest BCUT2D eigenvalue weighted by atomic mass is 10.1. The molecule has 7 heteroatoms. The van der Waals surface area contributed by atoms with Gasteiger partial charge in [0, 0.05) is 30.8 Å². The molecule has 0 saturated carbocycles. The van der Waals surface area contributed by atoms with Gasteiger partial charge in [0.1, 0.15) is 5.82 Å². The zero-order valence-electron chi connectivity index (χ0n) is 16.2. The minimum atomic E-state index is -0.619. The average Bonchev–Trinajstić information content (AvgIpc) is 3.12. The second-order valence-corrected chi connectivity index (χ2v) is 6.86. The Bertz CT molecular complexity index is 915. The van der Waals surface area contributed by atoms with E-state index in [-0.39, 0.29) is 25.4 Å². The van der Waals surface area contributed by atoms with Gasteiger partial charge in [-0.05, 0) is 24.1 Å². The summed E-state index contributed by atoms with van der Waals surface area (Å²) in [7, 11) is 0. The van der Waals surface area contributed by atoms with E-state index in [1.54, 1.807) is 23.1 Å². The van der Waals surface area contributed by atoms with Crippen LogP contribution in [0, 0.1) is 11.7 Å². The van der Waals surface area contributed by atoms with Crippen LogP contribution in [0.2, 0.25) is 0 Å². The lowest BCUT2D eigenvalue weighted by Gasteiger charge is -2.19. The Labute approximate surface area is 168 Å². The number of nitrogens with one attached hydrogen (secondary N) is 1. The topological polar surface area (TPSA) is 75.7 Å². The number of halogens is 1. The predicted octanol–water partition coefficient (Wildman–Crippen LogP) is 2.60. The van der Waals surface area contributed by atoms with Gasteiger partial charge in [0.25, 0.3) is 5.91 Å². The molecule has 1 fully saturated rings. The summed E-state index contributed by atoms with van der Waals surface area (Å²) in [6.45, 7) is 1.77. The molecule has 0 aliphatic carbocycles. The first kappa shape index (κ1) is 20.5. The van der Waals surface area contributed by atoms with Crippen molar-refractivity contribution < 1.29 is 23.5 Å². The highest BCUT2D eigenvalue weighted by molar-refractivity contribution is 6.00. The molecule has 1 aliphatic heterocycles. The molecule has 6 nitrogen and oxygen atoms in total. The van der Waals surface area contributed by atoms with Crippen LogP contribution < -0.4 is 10.2 Å². The largest absolute Gasteiger partial charge is 0.455 e. The molecule has 0 unspecified atom stereocenters. The van der Waals surface area contributed by atoms with E-state index >= 15 is 0 Å². The Balaban J connectivity index is 1.50. The molecule has 0 bridgehead atoms. The summed E-state index contributed by atoms with van der Waals surface area (Å²) in [5.74, 6) is -2.29. The van der Waals surface area contributed by atoms with Gasteiger partial charge in [0.2, 0.25) is 5.91 Å². The molecule has 2 aromatic carbocycles. The molecule has 1 saturated heterocycles. The number of para-hydroxylation sites is 1. The first-order chi connectivity index (χ1) is 14.0. The molecule has 3 rings (SSSR count). The van der Waals surface area contributed by atoms with Gasteiger partial charge in [-0.2, -0.15) is 0 Å². The maximum Gasteiger partial charge on any atom is 0.311 e. The molecule has 2 aromatic rings. The Kier molecular flexibility index (Phi) is 6.59. The summed E-state index contributed by atoms with van der Waals surface area (Å²) in [4.78, 5) is 38.2. The van der Waals surface area contributed by atoms with Crippen LogP contribution in [-0.4, -0.2) is 30.9 Å². The van der Waals surface area contributed by atoms with Crippen molar-refractivity contribution in [3.8, 4) is 0 Å². The summed E-state index contributed by atoms with van der Waals surface area (Å²) in [5, 5.41) is 2.51. The van der Waals surface area contributed by atoms with Gasteiger partial charge in [-0.1, -0.05) is 43.3 Å². The van der Waals surface area contributed by atoms with E-state index in [0.717, 1.165) is 17.7 Å². The lowest BCUT2D eigenvalue weighted by molar-refractivity contribution is -0.152. The van der Waals surface area contributed by atoms with Crippen molar-refractivity contribution in [3.63, 3.8) is 0 Å². The van der Waals surface area contributed by atoms with Crippen LogP contribution in [0.5, 0.6) is 0 Å². The Hall–Kier alpha value is -3.22. The van der Waals surface area contributed by atoms with Crippen LogP contribution >= 0.6 is 0 Å². The van der Waals surface area contributed by atoms with Crippen molar-refractivity contribution in [2.24, 2.45) is 5.92 Å². The molecular weight excluding hydrogens is 375 g/mol. The number of nitrogens with zero attached hydrogens (tertiary/aromatic N) is 1. The van der Waals surface area contributed by atoms with Gasteiger partial charge < -0.3 is 15.0 Å². The smallest absolute Gasteiger partial charge is 0.311 e. The van der Waals surface area contributed by atoms with Gasteiger partial charge in [-0.25, -0.2) is 4.39 Å². The minimum absolute atomic E-state index is 0.00650. The number of carbonyl (C=O) groups is 3. The van der Waals surface area contributed by atoms with Gasteiger partial charge in [0.05, 0.1) is 5.92 Å². The van der Waals surface area contributed by atoms with Crippen molar-refractivity contribution in [2.75, 3.05) is 18.1 Å². The normalized spacial score (nSPS) is 16.0. The fourth-order valence-electron chi connectivity index (χ4n) is 3.31. The maximum atomic E-state index is 13.6. The first-order valence-corrected chi connectivity index (χ1v) is 9.54. The number of hydrogen-bond donors (Lipinski definition) is 1. The number of amides is 2. The Morgan fingerprint density at radius 1 is 1.14 bits per heavy atom. The molecule has 1 heterocycles. The quantitative estimate of drug-likeness (QED) is 0.728. The van der Waals surface area contributed by atoms with Crippen molar-refractivity contribution in [1.82, 2.24) is 5.32 Å². The molecule has 2 amide bonds. The predicted molar refractivity (Wildman–Crippen MR) is 105 cm³/mol. The fourth-order valence-corrected chi connectivity index (χ4v) is 3.31. The van der Waals surface area contributed by atoms with Gasteiger partial charge in [-0.3, -0.25) is 14.4 Å². The number of ether oxygens (including phenoxy) is 1. The summed E-state index contributed by atoms with van der Waals surface area (Å²) in [5.41, 5.74) is 2.18. The molecule has 0 spiro atoms. The first-order valence-electron chi connectivity index (χ1n) is 9.54. The van der Waals surface area contributed by atoms with E-state index in [0.29, 0.717) is 5.56 Å². The number of benzene rings is 2. The SMILES string of the molecule is CCc1ccccc1N1C[C@H](C(=O)OCC(=O)NCc2ccccc2F)CC1=O. The summed E-state index contributed by atoms with van der Waals surface area (Å²) < 4.78 is 18.6. The third kappa shape index (κ3) is 4.99. The van der Waals surface area contributed by atoms with Gasteiger partial charge >= 0.3 is 5.97 Å². The van der Waals surface area contributed by atoms with Gasteiger partial charge in [-0.15, -0.1) is 0 Å². The van der Waals surface area contributed by atoms with E-state index < -0.39 is 30.2 Å². The minimum Gasteiger partial charge on any atom is -0.455 e. The van der Waals surface area contributed by atoms with Crippen molar-refractivity contribution in [3.05, 3.63) is 65.5 Å². The molecule has 1 aliphatic rings. The third-order valence-corrected chi connectivity index (χ3v) is 4.90. The van der Waals surface area contributed by atoms with Crippen LogP contribution in [0.1, 0.15) is 24.5 Å².